The molecule has 0 atom stereocenters. The zero-order valence-electron chi connectivity index (χ0n) is 9.98. The van der Waals surface area contributed by atoms with Crippen molar-refractivity contribution in [2.24, 2.45) is 0 Å². The van der Waals surface area contributed by atoms with E-state index >= 15 is 0 Å². The Labute approximate surface area is 111 Å². The molecule has 1 heterocycles. The third-order valence-electron chi connectivity index (χ3n) is 2.57. The van der Waals surface area contributed by atoms with Crippen molar-refractivity contribution in [1.29, 1.82) is 0 Å². The van der Waals surface area contributed by atoms with Crippen LogP contribution in [0.1, 0.15) is 22.8 Å². The van der Waals surface area contributed by atoms with Crippen LogP contribution in [-0.2, 0) is 6.42 Å². The zero-order valence-corrected chi connectivity index (χ0v) is 10.7. The number of benzene rings is 1. The van der Waals surface area contributed by atoms with Gasteiger partial charge in [0.15, 0.2) is 0 Å². The van der Waals surface area contributed by atoms with Crippen molar-refractivity contribution in [2.45, 2.75) is 13.3 Å². The Kier molecular flexibility index (Phi) is 3.95. The second-order valence-electron chi connectivity index (χ2n) is 3.90. The van der Waals surface area contributed by atoms with Gasteiger partial charge < -0.3 is 5.32 Å². The number of rotatable bonds is 3. The van der Waals surface area contributed by atoms with Crippen molar-refractivity contribution in [3.63, 3.8) is 0 Å². The Morgan fingerprint density at radius 3 is 2.67 bits per heavy atom. The highest BCUT2D eigenvalue weighted by molar-refractivity contribution is 6.30. The fraction of sp³-hybridized carbons (Fsp3) is 0.143. The first-order valence-electron chi connectivity index (χ1n) is 5.70. The molecule has 18 heavy (non-hydrogen) atoms. The number of hydrogen-bond donors (Lipinski definition) is 1. The summed E-state index contributed by atoms with van der Waals surface area (Å²) in [7, 11) is 0. The smallest absolute Gasteiger partial charge is 0.255 e. The van der Waals surface area contributed by atoms with E-state index in [4.69, 9.17) is 11.6 Å². The lowest BCUT2D eigenvalue weighted by atomic mass is 10.2. The van der Waals surface area contributed by atoms with E-state index in [0.717, 1.165) is 12.0 Å². The minimum Gasteiger partial charge on any atom is -0.321 e. The fourth-order valence-electron chi connectivity index (χ4n) is 1.55. The summed E-state index contributed by atoms with van der Waals surface area (Å²) in [5.74, 6) is -0.165. The molecule has 0 fully saturated rings. The summed E-state index contributed by atoms with van der Waals surface area (Å²) in [4.78, 5) is 16.0. The van der Waals surface area contributed by atoms with E-state index < -0.39 is 0 Å². The molecular formula is C14H13ClN2O. The number of aryl methyl sites for hydroxylation is 1. The van der Waals surface area contributed by atoms with E-state index in [1.807, 2.05) is 13.0 Å². The van der Waals surface area contributed by atoms with Crippen molar-refractivity contribution in [3.8, 4) is 0 Å². The molecule has 92 valence electrons. The molecule has 0 aliphatic heterocycles. The molecule has 0 aliphatic rings. The number of halogens is 1. The van der Waals surface area contributed by atoms with Gasteiger partial charge >= 0.3 is 0 Å². The van der Waals surface area contributed by atoms with Gasteiger partial charge in [-0.15, -0.1) is 0 Å². The molecule has 1 amide bonds. The maximum Gasteiger partial charge on any atom is 0.255 e. The monoisotopic (exact) mass is 260 g/mol. The Bertz CT molecular complexity index is 552. The molecule has 2 aromatic rings. The van der Waals surface area contributed by atoms with E-state index in [-0.39, 0.29) is 5.91 Å². The number of nitrogens with one attached hydrogen (secondary N) is 1. The molecule has 1 aromatic carbocycles. The van der Waals surface area contributed by atoms with Crippen molar-refractivity contribution >= 4 is 23.2 Å². The number of carbonyl (C=O) groups is 1. The Balaban J connectivity index is 2.13. The number of amides is 1. The Morgan fingerprint density at radius 1 is 1.28 bits per heavy atom. The summed E-state index contributed by atoms with van der Waals surface area (Å²) in [6.07, 6.45) is 4.31. The largest absolute Gasteiger partial charge is 0.321 e. The maximum absolute atomic E-state index is 11.9. The van der Waals surface area contributed by atoms with Crippen LogP contribution in [-0.4, -0.2) is 10.9 Å². The topological polar surface area (TPSA) is 42.0 Å². The highest BCUT2D eigenvalue weighted by Gasteiger charge is 2.06. The van der Waals surface area contributed by atoms with Crippen molar-refractivity contribution in [3.05, 3.63) is 58.9 Å². The molecule has 0 spiro atoms. The fourth-order valence-corrected chi connectivity index (χ4v) is 1.68. The molecule has 0 saturated heterocycles. The molecule has 1 aromatic heterocycles. The van der Waals surface area contributed by atoms with Crippen molar-refractivity contribution < 1.29 is 4.79 Å². The first kappa shape index (κ1) is 12.6. The SMILES string of the molecule is CCc1cncc(NC(=O)c2ccc(Cl)cc2)c1. The first-order chi connectivity index (χ1) is 8.69. The van der Waals surface area contributed by atoms with Crippen molar-refractivity contribution in [1.82, 2.24) is 4.98 Å². The summed E-state index contributed by atoms with van der Waals surface area (Å²) < 4.78 is 0. The summed E-state index contributed by atoms with van der Waals surface area (Å²) in [5, 5.41) is 3.42. The van der Waals surface area contributed by atoms with E-state index in [1.54, 1.807) is 36.7 Å². The first-order valence-corrected chi connectivity index (χ1v) is 6.07. The number of nitrogens with zero attached hydrogens (tertiary/aromatic N) is 1. The predicted molar refractivity (Wildman–Crippen MR) is 73.0 cm³/mol. The summed E-state index contributed by atoms with van der Waals surface area (Å²) in [5.41, 5.74) is 2.36. The van der Waals surface area contributed by atoms with E-state index in [0.29, 0.717) is 16.3 Å². The molecule has 4 heteroatoms. The zero-order chi connectivity index (χ0) is 13.0. The van der Waals surface area contributed by atoms with Gasteiger partial charge in [0.1, 0.15) is 0 Å². The van der Waals surface area contributed by atoms with E-state index in [1.165, 1.54) is 0 Å². The molecule has 0 unspecified atom stereocenters. The van der Waals surface area contributed by atoms with E-state index in [2.05, 4.69) is 10.3 Å². The van der Waals surface area contributed by atoms with Crippen LogP contribution in [0.25, 0.3) is 0 Å². The molecule has 2 rings (SSSR count). The van der Waals surface area contributed by atoms with E-state index in [9.17, 15) is 4.79 Å². The van der Waals surface area contributed by atoms with Gasteiger partial charge in [0.25, 0.3) is 5.91 Å². The lowest BCUT2D eigenvalue weighted by Crippen LogP contribution is -2.12. The quantitative estimate of drug-likeness (QED) is 0.917. The van der Waals surface area contributed by atoms with Crippen LogP contribution in [0.3, 0.4) is 0 Å². The van der Waals surface area contributed by atoms with Crippen LogP contribution < -0.4 is 5.32 Å². The molecule has 0 bridgehead atoms. The second kappa shape index (κ2) is 5.65. The molecule has 1 N–H and O–H groups in total. The van der Waals surface area contributed by atoms with Gasteiger partial charge in [-0.1, -0.05) is 18.5 Å². The number of aromatic nitrogens is 1. The molecule has 3 nitrogen and oxygen atoms in total. The minimum absolute atomic E-state index is 0.165. The number of hydrogen-bond acceptors (Lipinski definition) is 2. The lowest BCUT2D eigenvalue weighted by Gasteiger charge is -2.06. The van der Waals surface area contributed by atoms with Gasteiger partial charge in [0, 0.05) is 16.8 Å². The van der Waals surface area contributed by atoms with Gasteiger partial charge in [-0.2, -0.15) is 0 Å². The van der Waals surface area contributed by atoms with Crippen LogP contribution in [0, 0.1) is 0 Å². The van der Waals surface area contributed by atoms with Gasteiger partial charge in [-0.25, -0.2) is 0 Å². The summed E-state index contributed by atoms with van der Waals surface area (Å²) >= 11 is 5.77. The Morgan fingerprint density at radius 2 is 2.00 bits per heavy atom. The molecule has 0 aliphatic carbocycles. The highest BCUT2D eigenvalue weighted by Crippen LogP contribution is 2.13. The standard InChI is InChI=1S/C14H13ClN2O/c1-2-10-7-13(9-16-8-10)17-14(18)11-3-5-12(15)6-4-11/h3-9H,2H2,1H3,(H,17,18). The lowest BCUT2D eigenvalue weighted by molar-refractivity contribution is 0.102. The van der Waals surface area contributed by atoms with Gasteiger partial charge in [0.05, 0.1) is 11.9 Å². The normalized spacial score (nSPS) is 10.1. The van der Waals surface area contributed by atoms with Gasteiger partial charge in [-0.05, 0) is 42.3 Å². The van der Waals surface area contributed by atoms with Crippen molar-refractivity contribution in [2.75, 3.05) is 5.32 Å². The number of anilines is 1. The van der Waals surface area contributed by atoms with Crippen LogP contribution in [0.2, 0.25) is 5.02 Å². The minimum atomic E-state index is -0.165. The number of carbonyl (C=O) groups excluding carboxylic acids is 1. The molecule has 0 saturated carbocycles. The summed E-state index contributed by atoms with van der Waals surface area (Å²) in [6.45, 7) is 2.04. The Hall–Kier alpha value is -1.87. The average molecular weight is 261 g/mol. The van der Waals surface area contributed by atoms with Crippen LogP contribution in [0.15, 0.2) is 42.7 Å². The molecular weight excluding hydrogens is 248 g/mol. The maximum atomic E-state index is 11.9. The number of pyridine rings is 1. The summed E-state index contributed by atoms with van der Waals surface area (Å²) in [6, 6.07) is 8.68. The van der Waals surface area contributed by atoms with Crippen LogP contribution in [0.5, 0.6) is 0 Å². The average Bonchev–Trinajstić information content (AvgIpc) is 2.39. The van der Waals surface area contributed by atoms with Crippen LogP contribution in [0.4, 0.5) is 5.69 Å². The third kappa shape index (κ3) is 3.08. The third-order valence-corrected chi connectivity index (χ3v) is 2.82. The van der Waals surface area contributed by atoms with Crippen LogP contribution >= 0.6 is 11.6 Å². The van der Waals surface area contributed by atoms with Gasteiger partial charge in [-0.3, -0.25) is 9.78 Å². The molecule has 0 radical (unpaired) electrons. The predicted octanol–water partition coefficient (Wildman–Crippen LogP) is 3.55. The highest BCUT2D eigenvalue weighted by atomic mass is 35.5. The second-order valence-corrected chi connectivity index (χ2v) is 4.33. The van der Waals surface area contributed by atoms with Gasteiger partial charge in [0.2, 0.25) is 0 Å².